The summed E-state index contributed by atoms with van der Waals surface area (Å²) in [6, 6.07) is 40.4. The molecule has 273 valence electrons. The van der Waals surface area contributed by atoms with Gasteiger partial charge in [0.25, 0.3) is 0 Å². The summed E-state index contributed by atoms with van der Waals surface area (Å²) in [7, 11) is 0. The zero-order valence-electron chi connectivity index (χ0n) is 40.4. The molecule has 0 aliphatic heterocycles. The summed E-state index contributed by atoms with van der Waals surface area (Å²) in [5.74, 6) is 0. The maximum Gasteiger partial charge on any atom is 0.216 e. The van der Waals surface area contributed by atoms with E-state index in [1.807, 2.05) is 88.4 Å². The van der Waals surface area contributed by atoms with Gasteiger partial charge in [0, 0.05) is 57.3 Å². The monoisotopic (exact) mass is 894 g/mol. The van der Waals surface area contributed by atoms with Crippen LogP contribution in [0.1, 0.15) is 68.0 Å². The second-order valence-corrected chi connectivity index (χ2v) is 13.9. The van der Waals surface area contributed by atoms with Crippen molar-refractivity contribution in [3.8, 4) is 33.6 Å². The third-order valence-corrected chi connectivity index (χ3v) is 8.53. The molecule has 4 aromatic carbocycles. The molecule has 4 nitrogen and oxygen atoms in total. The summed E-state index contributed by atoms with van der Waals surface area (Å²) < 4.78 is 86.5. The molecule has 0 N–H and O–H groups in total. The van der Waals surface area contributed by atoms with Gasteiger partial charge >= 0.3 is 0 Å². The zero-order chi connectivity index (χ0) is 45.5. The van der Waals surface area contributed by atoms with E-state index in [4.69, 9.17) is 18.1 Å². The summed E-state index contributed by atoms with van der Waals surface area (Å²) in [4.78, 5) is 13.1. The number of fused-ring (bicyclic) bond motifs is 3. The van der Waals surface area contributed by atoms with Crippen molar-refractivity contribution in [2.24, 2.45) is 5.41 Å². The molecule has 0 atom stereocenters. The van der Waals surface area contributed by atoms with Crippen molar-refractivity contribution in [3.63, 3.8) is 0 Å². The first-order chi connectivity index (χ1) is 29.5. The van der Waals surface area contributed by atoms with Gasteiger partial charge in [0.1, 0.15) is 0 Å². The van der Waals surface area contributed by atoms with Crippen molar-refractivity contribution in [2.75, 3.05) is 0 Å². The van der Waals surface area contributed by atoms with E-state index in [0.29, 0.717) is 50.2 Å². The van der Waals surface area contributed by atoms with Gasteiger partial charge < -0.3 is 14.4 Å². The summed E-state index contributed by atoms with van der Waals surface area (Å²) in [5, 5.41) is 1.47. The van der Waals surface area contributed by atoms with Gasteiger partial charge in [0.15, 0.2) is 0 Å². The maximum absolute atomic E-state index is 8.69. The van der Waals surface area contributed by atoms with Gasteiger partial charge in [0.2, 0.25) is 5.71 Å². The van der Waals surface area contributed by atoms with Crippen LogP contribution in [0.2, 0.25) is 0 Å². The quantitative estimate of drug-likeness (QED) is 0.150. The summed E-state index contributed by atoms with van der Waals surface area (Å²) >= 11 is 0. The molecule has 54 heavy (non-hydrogen) atoms. The number of furan rings is 1. The van der Waals surface area contributed by atoms with Gasteiger partial charge in [-0.1, -0.05) is 128 Å². The summed E-state index contributed by atoms with van der Waals surface area (Å²) in [6.45, 7) is 2.99. The number of nitrogens with zero attached hydrogens (tertiary/aromatic N) is 3. The van der Waals surface area contributed by atoms with Crippen molar-refractivity contribution in [1.82, 2.24) is 15.0 Å². The molecule has 0 fully saturated rings. The normalized spacial score (nSPS) is 15.0. The average Bonchev–Trinajstić information content (AvgIpc) is 3.62. The third kappa shape index (κ3) is 9.28. The van der Waals surface area contributed by atoms with Gasteiger partial charge in [-0.25, -0.2) is 4.98 Å². The van der Waals surface area contributed by atoms with E-state index in [-0.39, 0.29) is 43.5 Å². The first kappa shape index (κ1) is 27.4. The van der Waals surface area contributed by atoms with Gasteiger partial charge in [-0.15, -0.1) is 47.5 Å². The fraction of sp³-hybridized carbons (Fsp3) is 0.204. The number of hydrogen-bond acceptors (Lipinski definition) is 4. The van der Waals surface area contributed by atoms with Crippen LogP contribution >= 0.6 is 0 Å². The summed E-state index contributed by atoms with van der Waals surface area (Å²) in [5.41, 5.74) is 7.22. The number of pyridine rings is 3. The van der Waals surface area contributed by atoms with E-state index < -0.39 is 31.9 Å². The molecule has 0 saturated heterocycles. The Hall–Kier alpha value is -5.22. The van der Waals surface area contributed by atoms with E-state index in [2.05, 4.69) is 27.1 Å². The Kier molecular flexibility index (Phi) is 8.54. The molecule has 0 aliphatic rings. The van der Waals surface area contributed by atoms with Crippen molar-refractivity contribution < 1.29 is 38.2 Å². The van der Waals surface area contributed by atoms with Crippen molar-refractivity contribution in [2.45, 2.75) is 60.6 Å². The Balaban J connectivity index is 0.000000212. The minimum Gasteiger partial charge on any atom is -0.486 e. The SMILES string of the molecule is [2H]C([2H])([2H])c1c[c-]c(-c2ccc(C([2H])([2H])C(C)(C)C)cn2)cc1-c1ccccc1.[2H]C([2H])([2H])c1ccc2c(n1)oc1c(-c3cc(C([2H])([2H])Cc4ccc(C)cc4)ccn3)[c-]ccc12.[Ir]. The van der Waals surface area contributed by atoms with Crippen LogP contribution in [0.25, 0.3) is 55.7 Å². The average molecular weight is 894 g/mol. The molecule has 0 unspecified atom stereocenters. The van der Waals surface area contributed by atoms with Crippen LogP contribution in [0.3, 0.4) is 0 Å². The second-order valence-electron chi connectivity index (χ2n) is 13.9. The molecular formula is C49H45IrN3O-2. The molecule has 8 aromatic rings. The van der Waals surface area contributed by atoms with E-state index >= 15 is 0 Å². The molecule has 0 bridgehead atoms. The molecule has 0 amide bonds. The predicted octanol–water partition coefficient (Wildman–Crippen LogP) is 12.4. The molecular weight excluding hydrogens is 839 g/mol. The number of hydrogen-bond donors (Lipinski definition) is 0. The van der Waals surface area contributed by atoms with Crippen molar-refractivity contribution >= 4 is 22.1 Å². The van der Waals surface area contributed by atoms with E-state index in [1.54, 1.807) is 54.9 Å². The zero-order valence-corrected chi connectivity index (χ0v) is 32.8. The van der Waals surface area contributed by atoms with E-state index in [0.717, 1.165) is 22.1 Å². The van der Waals surface area contributed by atoms with Crippen LogP contribution in [0.4, 0.5) is 0 Å². The van der Waals surface area contributed by atoms with Crippen LogP contribution in [0.5, 0.6) is 0 Å². The first-order valence-electron chi connectivity index (χ1n) is 22.4. The number of aromatic nitrogens is 3. The van der Waals surface area contributed by atoms with E-state index in [1.165, 1.54) is 12.1 Å². The van der Waals surface area contributed by atoms with Gasteiger partial charge in [-0.3, -0.25) is 0 Å². The van der Waals surface area contributed by atoms with Crippen LogP contribution in [-0.2, 0) is 39.3 Å². The van der Waals surface area contributed by atoms with Crippen molar-refractivity contribution in [1.29, 1.82) is 0 Å². The van der Waals surface area contributed by atoms with Crippen LogP contribution in [0.15, 0.2) is 132 Å². The van der Waals surface area contributed by atoms with Crippen LogP contribution in [0, 0.1) is 38.2 Å². The maximum atomic E-state index is 8.69. The summed E-state index contributed by atoms with van der Waals surface area (Å²) in [6.07, 6.45) is 0.233. The third-order valence-electron chi connectivity index (χ3n) is 8.53. The second kappa shape index (κ2) is 16.8. The van der Waals surface area contributed by atoms with Gasteiger partial charge in [-0.2, -0.15) is 0 Å². The Morgan fingerprint density at radius 1 is 0.778 bits per heavy atom. The fourth-order valence-electron chi connectivity index (χ4n) is 5.96. The topological polar surface area (TPSA) is 51.8 Å². The molecule has 8 rings (SSSR count). The minimum atomic E-state index is -2.33. The Morgan fingerprint density at radius 2 is 1.59 bits per heavy atom. The molecule has 0 saturated carbocycles. The molecule has 4 heterocycles. The van der Waals surface area contributed by atoms with E-state index in [9.17, 15) is 0 Å². The van der Waals surface area contributed by atoms with Crippen LogP contribution < -0.4 is 0 Å². The molecule has 0 aliphatic carbocycles. The fourth-order valence-corrected chi connectivity index (χ4v) is 5.96. The molecule has 0 spiro atoms. The van der Waals surface area contributed by atoms with Gasteiger partial charge in [0.05, 0.1) is 5.58 Å². The number of rotatable bonds is 7. The molecule has 4 aromatic heterocycles. The van der Waals surface area contributed by atoms with Gasteiger partial charge in [-0.05, 0) is 84.6 Å². The number of aryl methyl sites for hydroxylation is 5. The number of benzene rings is 4. The Labute approximate surface area is 347 Å². The Morgan fingerprint density at radius 3 is 2.33 bits per heavy atom. The smallest absolute Gasteiger partial charge is 0.216 e. The largest absolute Gasteiger partial charge is 0.486 e. The van der Waals surface area contributed by atoms with Crippen LogP contribution in [-0.4, -0.2) is 15.0 Å². The molecule has 5 heteroatoms. The Bertz CT molecular complexity index is 2890. The first-order valence-corrected chi connectivity index (χ1v) is 17.4. The minimum absolute atomic E-state index is 0. The predicted molar refractivity (Wildman–Crippen MR) is 219 cm³/mol. The van der Waals surface area contributed by atoms with Crippen molar-refractivity contribution in [3.05, 3.63) is 173 Å². The molecule has 1 radical (unpaired) electrons. The standard InChI is InChI=1S/C26H21N2O.C23H24N.Ir/c1-17-6-9-19(10-7-17)11-12-20-14-15-27-24(16-20)23-5-3-4-21-22-13-8-18(2)28-26(22)29-25(21)23;1-17-10-12-20(14-21(17)19-8-6-5-7-9-19)22-13-11-18(16-24-22)15-23(2,3)4;/h3-4,6-10,13-16H,11-12H2,1-2H3;5-11,13-14,16H,15H2,1-4H3;/q2*-1;/i2D3,12D2;1D3,15D2;.